The van der Waals surface area contributed by atoms with Gasteiger partial charge in [-0.2, -0.15) is 13.2 Å². The van der Waals surface area contributed by atoms with Gasteiger partial charge in [0, 0.05) is 16.6 Å². The summed E-state index contributed by atoms with van der Waals surface area (Å²) in [5.41, 5.74) is 0.950. The zero-order valence-corrected chi connectivity index (χ0v) is 10.1. The van der Waals surface area contributed by atoms with E-state index in [2.05, 4.69) is 4.98 Å². The molecule has 2 nitrogen and oxygen atoms in total. The average molecular weight is 267 g/mol. The van der Waals surface area contributed by atoms with Crippen molar-refractivity contribution in [3.63, 3.8) is 0 Å². The van der Waals surface area contributed by atoms with Crippen LogP contribution in [0.4, 0.5) is 13.2 Å². The van der Waals surface area contributed by atoms with Crippen LogP contribution in [0.3, 0.4) is 0 Å². The maximum Gasteiger partial charge on any atom is 0.416 e. The highest BCUT2D eigenvalue weighted by atomic mass is 19.4. The summed E-state index contributed by atoms with van der Waals surface area (Å²) in [4.78, 5) is 15.2. The molecule has 0 saturated heterocycles. The molecular formula is C14H12F3NO. The van der Waals surface area contributed by atoms with Crippen molar-refractivity contribution in [3.05, 3.63) is 45.2 Å². The van der Waals surface area contributed by atoms with E-state index in [1.807, 2.05) is 0 Å². The summed E-state index contributed by atoms with van der Waals surface area (Å²) in [6.07, 6.45) is -1.02. The molecule has 1 aromatic carbocycles. The molecule has 0 spiro atoms. The SMILES string of the molecule is O=c1c2c([nH]c3cc(C(F)(F)F)ccc13)CCCC2. The van der Waals surface area contributed by atoms with Crippen LogP contribution >= 0.6 is 0 Å². The van der Waals surface area contributed by atoms with E-state index in [-0.39, 0.29) is 10.9 Å². The highest BCUT2D eigenvalue weighted by molar-refractivity contribution is 5.80. The van der Waals surface area contributed by atoms with Crippen LogP contribution in [0.1, 0.15) is 29.7 Å². The minimum absolute atomic E-state index is 0.128. The van der Waals surface area contributed by atoms with Crippen molar-refractivity contribution in [1.29, 1.82) is 0 Å². The lowest BCUT2D eigenvalue weighted by atomic mass is 9.94. The molecule has 19 heavy (non-hydrogen) atoms. The van der Waals surface area contributed by atoms with Crippen LogP contribution < -0.4 is 5.43 Å². The van der Waals surface area contributed by atoms with E-state index in [9.17, 15) is 18.0 Å². The van der Waals surface area contributed by atoms with E-state index in [0.717, 1.165) is 42.7 Å². The second-order valence-electron chi connectivity index (χ2n) is 4.88. The lowest BCUT2D eigenvalue weighted by Crippen LogP contribution is -2.18. The number of aryl methyl sites for hydroxylation is 1. The van der Waals surface area contributed by atoms with Crippen LogP contribution in [0.5, 0.6) is 0 Å². The first-order chi connectivity index (χ1) is 8.97. The molecule has 0 aliphatic heterocycles. The number of benzene rings is 1. The molecule has 0 radical (unpaired) electrons. The van der Waals surface area contributed by atoms with Crippen molar-refractivity contribution in [3.8, 4) is 0 Å². The minimum atomic E-state index is -4.39. The molecule has 5 heteroatoms. The largest absolute Gasteiger partial charge is 0.416 e. The third-order valence-corrected chi connectivity index (χ3v) is 3.62. The number of aromatic amines is 1. The fraction of sp³-hybridized carbons (Fsp3) is 0.357. The summed E-state index contributed by atoms with van der Waals surface area (Å²) < 4.78 is 38.0. The van der Waals surface area contributed by atoms with Gasteiger partial charge >= 0.3 is 6.18 Å². The molecule has 0 bridgehead atoms. The number of nitrogens with one attached hydrogen (secondary N) is 1. The smallest absolute Gasteiger partial charge is 0.358 e. The Balaban J connectivity index is 2.28. The van der Waals surface area contributed by atoms with Gasteiger partial charge in [-0.05, 0) is 43.9 Å². The molecule has 2 aromatic rings. The van der Waals surface area contributed by atoms with Gasteiger partial charge in [-0.3, -0.25) is 4.79 Å². The molecular weight excluding hydrogens is 255 g/mol. The van der Waals surface area contributed by atoms with Crippen molar-refractivity contribution in [1.82, 2.24) is 4.98 Å². The van der Waals surface area contributed by atoms with E-state index in [0.29, 0.717) is 11.8 Å². The summed E-state index contributed by atoms with van der Waals surface area (Å²) in [6.45, 7) is 0. The molecule has 100 valence electrons. The quantitative estimate of drug-likeness (QED) is 0.779. The third-order valence-electron chi connectivity index (χ3n) is 3.62. The van der Waals surface area contributed by atoms with Crippen LogP contribution in [0, 0.1) is 0 Å². The second kappa shape index (κ2) is 4.11. The number of aromatic nitrogens is 1. The number of halogens is 3. The standard InChI is InChI=1S/C14H12F3NO/c15-14(16,17)8-5-6-10-12(7-8)18-11-4-2-1-3-9(11)13(10)19/h5-7H,1-4H2,(H,18,19). The fourth-order valence-corrected chi connectivity index (χ4v) is 2.64. The first kappa shape index (κ1) is 12.3. The van der Waals surface area contributed by atoms with Gasteiger partial charge in [0.1, 0.15) is 0 Å². The van der Waals surface area contributed by atoms with E-state index < -0.39 is 11.7 Å². The van der Waals surface area contributed by atoms with Gasteiger partial charge in [-0.25, -0.2) is 0 Å². The molecule has 0 atom stereocenters. The Bertz CT molecular complexity index is 700. The van der Waals surface area contributed by atoms with Gasteiger partial charge in [0.05, 0.1) is 11.1 Å². The van der Waals surface area contributed by atoms with Gasteiger partial charge in [0.2, 0.25) is 0 Å². The first-order valence-electron chi connectivity index (χ1n) is 6.22. The van der Waals surface area contributed by atoms with Crippen LogP contribution in [0.15, 0.2) is 23.0 Å². The lowest BCUT2D eigenvalue weighted by molar-refractivity contribution is -0.137. The number of alkyl halides is 3. The van der Waals surface area contributed by atoms with Crippen LogP contribution in [-0.2, 0) is 19.0 Å². The maximum atomic E-state index is 12.7. The number of hydrogen-bond donors (Lipinski definition) is 1. The molecule has 1 heterocycles. The molecule has 1 aliphatic rings. The van der Waals surface area contributed by atoms with Crippen LogP contribution in [-0.4, -0.2) is 4.98 Å². The molecule has 0 amide bonds. The highest BCUT2D eigenvalue weighted by Gasteiger charge is 2.30. The molecule has 1 aromatic heterocycles. The molecule has 0 unspecified atom stereocenters. The van der Waals surface area contributed by atoms with Gasteiger partial charge < -0.3 is 4.98 Å². The summed E-state index contributed by atoms with van der Waals surface area (Å²) in [7, 11) is 0. The minimum Gasteiger partial charge on any atom is -0.358 e. The normalized spacial score (nSPS) is 15.5. The van der Waals surface area contributed by atoms with Gasteiger partial charge in [0.15, 0.2) is 5.43 Å². The summed E-state index contributed by atoms with van der Waals surface area (Å²) in [5.74, 6) is 0. The number of rotatable bonds is 0. The zero-order chi connectivity index (χ0) is 13.6. The van der Waals surface area contributed by atoms with E-state index in [1.165, 1.54) is 6.07 Å². The van der Waals surface area contributed by atoms with E-state index in [1.54, 1.807) is 0 Å². The first-order valence-corrected chi connectivity index (χ1v) is 6.22. The second-order valence-corrected chi connectivity index (χ2v) is 4.88. The molecule has 1 N–H and O–H groups in total. The monoisotopic (exact) mass is 267 g/mol. The molecule has 0 saturated carbocycles. The van der Waals surface area contributed by atoms with E-state index >= 15 is 0 Å². The predicted octanol–water partition coefficient (Wildman–Crippen LogP) is 3.43. The van der Waals surface area contributed by atoms with Crippen molar-refractivity contribution < 1.29 is 13.2 Å². The van der Waals surface area contributed by atoms with Crippen LogP contribution in [0.25, 0.3) is 10.9 Å². The zero-order valence-electron chi connectivity index (χ0n) is 10.1. The van der Waals surface area contributed by atoms with Gasteiger partial charge in [-0.15, -0.1) is 0 Å². The predicted molar refractivity (Wildman–Crippen MR) is 66.2 cm³/mol. The molecule has 3 rings (SSSR count). The third kappa shape index (κ3) is 2.03. The average Bonchev–Trinajstić information content (AvgIpc) is 2.37. The van der Waals surface area contributed by atoms with Crippen molar-refractivity contribution in [2.45, 2.75) is 31.9 Å². The Kier molecular flexibility index (Phi) is 2.66. The Morgan fingerprint density at radius 1 is 1.11 bits per heavy atom. The molecule has 1 aliphatic carbocycles. The van der Waals surface area contributed by atoms with E-state index in [4.69, 9.17) is 0 Å². The lowest BCUT2D eigenvalue weighted by Gasteiger charge is -2.16. The van der Waals surface area contributed by atoms with Crippen LogP contribution in [0.2, 0.25) is 0 Å². The van der Waals surface area contributed by atoms with Gasteiger partial charge in [-0.1, -0.05) is 0 Å². The van der Waals surface area contributed by atoms with Crippen molar-refractivity contribution in [2.24, 2.45) is 0 Å². The Labute approximate surface area is 107 Å². The molecule has 0 fully saturated rings. The summed E-state index contributed by atoms with van der Waals surface area (Å²) in [5, 5.41) is 0.341. The Morgan fingerprint density at radius 2 is 1.84 bits per heavy atom. The topological polar surface area (TPSA) is 32.9 Å². The Hall–Kier alpha value is -1.78. The van der Waals surface area contributed by atoms with Crippen molar-refractivity contribution in [2.75, 3.05) is 0 Å². The Morgan fingerprint density at radius 3 is 2.58 bits per heavy atom. The summed E-state index contributed by atoms with van der Waals surface area (Å²) in [6, 6.07) is 3.25. The number of H-pyrrole nitrogens is 1. The fourth-order valence-electron chi connectivity index (χ4n) is 2.64. The van der Waals surface area contributed by atoms with Gasteiger partial charge in [0.25, 0.3) is 0 Å². The number of hydrogen-bond acceptors (Lipinski definition) is 1. The number of pyridine rings is 1. The number of fused-ring (bicyclic) bond motifs is 2. The van der Waals surface area contributed by atoms with Crippen molar-refractivity contribution >= 4 is 10.9 Å². The highest BCUT2D eigenvalue weighted by Crippen LogP contribution is 2.31. The summed E-state index contributed by atoms with van der Waals surface area (Å²) >= 11 is 0. The maximum absolute atomic E-state index is 12.7.